The van der Waals surface area contributed by atoms with E-state index in [2.05, 4.69) is 4.99 Å². The lowest BCUT2D eigenvalue weighted by atomic mass is 10.0. The van der Waals surface area contributed by atoms with E-state index < -0.39 is 29.2 Å². The van der Waals surface area contributed by atoms with Crippen molar-refractivity contribution in [3.05, 3.63) is 47.2 Å². The first-order valence-corrected chi connectivity index (χ1v) is 7.94. The quantitative estimate of drug-likeness (QED) is 0.600. The van der Waals surface area contributed by atoms with Gasteiger partial charge in [-0.25, -0.2) is 9.69 Å². The summed E-state index contributed by atoms with van der Waals surface area (Å²) >= 11 is 0. The molecule has 8 heteroatoms. The Morgan fingerprint density at radius 2 is 1.92 bits per heavy atom. The minimum Gasteiger partial charge on any atom is -0.305 e. The summed E-state index contributed by atoms with van der Waals surface area (Å²) in [5.41, 5.74) is -1.37. The molecule has 1 aromatic rings. The predicted octanol–water partition coefficient (Wildman–Crippen LogP) is 3.85. The lowest BCUT2D eigenvalue weighted by molar-refractivity contribution is -0.137. The van der Waals surface area contributed by atoms with Gasteiger partial charge in [0.25, 0.3) is 5.91 Å². The number of nitrogens with zero attached hydrogens (tertiary/aromatic N) is 3. The SMILES string of the molecule is CC=C(C=NC)N1C(=O)N(Cc2cccc(C(F)(F)F)c2)C(C)(C)C1=O. The van der Waals surface area contributed by atoms with Crippen LogP contribution in [0.15, 0.2) is 41.0 Å². The molecule has 140 valence electrons. The van der Waals surface area contributed by atoms with E-state index in [1.54, 1.807) is 26.8 Å². The van der Waals surface area contributed by atoms with Gasteiger partial charge in [0.05, 0.1) is 11.3 Å². The van der Waals surface area contributed by atoms with E-state index in [9.17, 15) is 22.8 Å². The number of allylic oxidation sites excluding steroid dienone is 2. The lowest BCUT2D eigenvalue weighted by Crippen LogP contribution is -2.43. The number of carbonyl (C=O) groups is 2. The number of halogens is 3. The summed E-state index contributed by atoms with van der Waals surface area (Å²) in [6, 6.07) is 4.14. The van der Waals surface area contributed by atoms with Crippen molar-refractivity contribution in [2.45, 2.75) is 39.0 Å². The number of benzene rings is 1. The Labute approximate surface area is 149 Å². The largest absolute Gasteiger partial charge is 0.416 e. The highest BCUT2D eigenvalue weighted by Gasteiger charge is 2.52. The zero-order chi connectivity index (χ0) is 19.7. The van der Waals surface area contributed by atoms with Crippen LogP contribution in [0.5, 0.6) is 0 Å². The van der Waals surface area contributed by atoms with Crippen LogP contribution in [0.4, 0.5) is 18.0 Å². The van der Waals surface area contributed by atoms with Crippen molar-refractivity contribution in [1.29, 1.82) is 0 Å². The topological polar surface area (TPSA) is 53.0 Å². The van der Waals surface area contributed by atoms with Gasteiger partial charge in [-0.15, -0.1) is 0 Å². The van der Waals surface area contributed by atoms with Gasteiger partial charge in [-0.05, 0) is 38.5 Å². The predicted molar refractivity (Wildman–Crippen MR) is 91.5 cm³/mol. The average molecular weight is 367 g/mol. The normalized spacial score (nSPS) is 18.3. The number of rotatable bonds is 4. The number of carbonyl (C=O) groups excluding carboxylic acids is 2. The van der Waals surface area contributed by atoms with E-state index in [4.69, 9.17) is 0 Å². The molecule has 0 atom stereocenters. The van der Waals surface area contributed by atoms with Crippen molar-refractivity contribution in [3.8, 4) is 0 Å². The maximum atomic E-state index is 12.9. The van der Waals surface area contributed by atoms with E-state index in [-0.39, 0.29) is 6.54 Å². The molecule has 0 radical (unpaired) electrons. The van der Waals surface area contributed by atoms with Crippen molar-refractivity contribution in [1.82, 2.24) is 9.80 Å². The zero-order valence-electron chi connectivity index (χ0n) is 15.0. The summed E-state index contributed by atoms with van der Waals surface area (Å²) in [5.74, 6) is -0.456. The molecule has 1 fully saturated rings. The number of alkyl halides is 3. The van der Waals surface area contributed by atoms with Crippen LogP contribution in [-0.4, -0.2) is 40.5 Å². The molecule has 0 saturated carbocycles. The van der Waals surface area contributed by atoms with Gasteiger partial charge in [-0.2, -0.15) is 13.2 Å². The van der Waals surface area contributed by atoms with Gasteiger partial charge in [0.1, 0.15) is 5.54 Å². The van der Waals surface area contributed by atoms with Gasteiger partial charge in [-0.1, -0.05) is 18.2 Å². The van der Waals surface area contributed by atoms with Crippen LogP contribution in [0.2, 0.25) is 0 Å². The summed E-state index contributed by atoms with van der Waals surface area (Å²) in [6.07, 6.45) is -1.51. The second kappa shape index (κ2) is 6.93. The molecule has 2 rings (SSSR count). The van der Waals surface area contributed by atoms with Gasteiger partial charge in [0.2, 0.25) is 0 Å². The van der Waals surface area contributed by atoms with Crippen LogP contribution in [0.3, 0.4) is 0 Å². The van der Waals surface area contributed by atoms with Crippen molar-refractivity contribution >= 4 is 18.2 Å². The summed E-state index contributed by atoms with van der Waals surface area (Å²) < 4.78 is 38.7. The molecule has 1 heterocycles. The van der Waals surface area contributed by atoms with Gasteiger partial charge in [0, 0.05) is 19.8 Å². The summed E-state index contributed by atoms with van der Waals surface area (Å²) in [7, 11) is 1.51. The average Bonchev–Trinajstić information content (AvgIpc) is 2.73. The Hall–Kier alpha value is -2.64. The number of aliphatic imine (C=N–C) groups is 1. The Balaban J connectivity index is 2.38. The van der Waals surface area contributed by atoms with Crippen molar-refractivity contribution < 1.29 is 22.8 Å². The molecular formula is C18H20F3N3O2. The van der Waals surface area contributed by atoms with Gasteiger partial charge >= 0.3 is 12.2 Å². The number of hydrogen-bond donors (Lipinski definition) is 0. The van der Waals surface area contributed by atoms with E-state index in [0.717, 1.165) is 17.0 Å². The van der Waals surface area contributed by atoms with Crippen LogP contribution < -0.4 is 0 Å². The molecule has 0 aliphatic carbocycles. The number of amides is 3. The first-order valence-electron chi connectivity index (χ1n) is 7.94. The highest BCUT2D eigenvalue weighted by molar-refractivity contribution is 6.11. The van der Waals surface area contributed by atoms with E-state index in [0.29, 0.717) is 11.3 Å². The minimum absolute atomic E-state index is 0.113. The third-order valence-electron chi connectivity index (χ3n) is 4.23. The first-order chi connectivity index (χ1) is 12.0. The van der Waals surface area contributed by atoms with Gasteiger partial charge in [-0.3, -0.25) is 9.79 Å². The maximum absolute atomic E-state index is 12.9. The molecule has 0 spiro atoms. The highest BCUT2D eigenvalue weighted by atomic mass is 19.4. The molecule has 1 aliphatic heterocycles. The maximum Gasteiger partial charge on any atom is 0.416 e. The Morgan fingerprint density at radius 1 is 1.27 bits per heavy atom. The molecule has 0 unspecified atom stereocenters. The first kappa shape index (κ1) is 19.7. The number of urea groups is 1. The van der Waals surface area contributed by atoms with Crippen molar-refractivity contribution in [2.24, 2.45) is 4.99 Å². The summed E-state index contributed by atoms with van der Waals surface area (Å²) in [5, 5.41) is 0. The zero-order valence-corrected chi connectivity index (χ0v) is 15.0. The molecule has 0 N–H and O–H groups in total. The highest BCUT2D eigenvalue weighted by Crippen LogP contribution is 2.33. The van der Waals surface area contributed by atoms with Crippen molar-refractivity contribution in [3.63, 3.8) is 0 Å². The van der Waals surface area contributed by atoms with E-state index in [1.807, 2.05) is 0 Å². The van der Waals surface area contributed by atoms with Gasteiger partial charge in [0.15, 0.2) is 0 Å². The van der Waals surface area contributed by atoms with Crippen LogP contribution in [0.25, 0.3) is 0 Å². The fraction of sp³-hybridized carbons (Fsp3) is 0.389. The second-order valence-electron chi connectivity index (χ2n) is 6.37. The Kier molecular flexibility index (Phi) is 5.25. The van der Waals surface area contributed by atoms with E-state index >= 15 is 0 Å². The smallest absolute Gasteiger partial charge is 0.305 e. The molecule has 26 heavy (non-hydrogen) atoms. The van der Waals surface area contributed by atoms with Crippen LogP contribution in [0, 0.1) is 0 Å². The fourth-order valence-electron chi connectivity index (χ4n) is 2.75. The molecular weight excluding hydrogens is 347 g/mol. The fourth-order valence-corrected chi connectivity index (χ4v) is 2.75. The lowest BCUT2D eigenvalue weighted by Gasteiger charge is -2.28. The Bertz CT molecular complexity index is 782. The van der Waals surface area contributed by atoms with Crippen molar-refractivity contribution in [2.75, 3.05) is 7.05 Å². The molecule has 1 aromatic carbocycles. The monoisotopic (exact) mass is 367 g/mol. The third-order valence-corrected chi connectivity index (χ3v) is 4.23. The standard InChI is InChI=1S/C18H20F3N3O2/c1-5-14(10-22-4)24-15(25)17(2,3)23(16(24)26)11-12-7-6-8-13(9-12)18(19,20)21/h5-10H,11H2,1-4H3. The van der Waals surface area contributed by atoms with Crippen LogP contribution >= 0.6 is 0 Å². The molecule has 5 nitrogen and oxygen atoms in total. The minimum atomic E-state index is -4.47. The van der Waals surface area contributed by atoms with Gasteiger partial charge < -0.3 is 4.90 Å². The van der Waals surface area contributed by atoms with E-state index in [1.165, 1.54) is 30.3 Å². The van der Waals surface area contributed by atoms with Crippen LogP contribution in [0.1, 0.15) is 31.9 Å². The second-order valence-corrected chi connectivity index (χ2v) is 6.37. The molecule has 1 aliphatic rings. The Morgan fingerprint density at radius 3 is 2.46 bits per heavy atom. The third kappa shape index (κ3) is 3.49. The van der Waals surface area contributed by atoms with Crippen LogP contribution in [-0.2, 0) is 17.5 Å². The summed E-state index contributed by atoms with van der Waals surface area (Å²) in [4.78, 5) is 31.6. The number of hydrogen-bond acceptors (Lipinski definition) is 3. The number of imide groups is 1. The molecule has 0 bridgehead atoms. The molecule has 3 amide bonds. The summed E-state index contributed by atoms with van der Waals surface area (Å²) in [6.45, 7) is 4.69. The molecule has 1 saturated heterocycles. The molecule has 0 aromatic heterocycles.